The van der Waals surface area contributed by atoms with E-state index in [-0.39, 0.29) is 36.0 Å². The Bertz CT molecular complexity index is 1650. The largest absolute Gasteiger partial charge is 0.491 e. The third-order valence-electron chi connectivity index (χ3n) is 6.79. The fourth-order valence-electron chi connectivity index (χ4n) is 4.68. The zero-order valence-electron chi connectivity index (χ0n) is 21.9. The van der Waals surface area contributed by atoms with Crippen LogP contribution in [0, 0.1) is 11.3 Å². The van der Waals surface area contributed by atoms with Crippen molar-refractivity contribution in [3.63, 3.8) is 0 Å². The van der Waals surface area contributed by atoms with E-state index in [1.54, 1.807) is 42.5 Å². The Labute approximate surface area is 239 Å². The highest BCUT2D eigenvalue weighted by Gasteiger charge is 2.57. The number of aromatic nitrogens is 3. The van der Waals surface area contributed by atoms with Gasteiger partial charge in [-0.2, -0.15) is 10.4 Å². The quantitative estimate of drug-likeness (QED) is 0.155. The fourth-order valence-corrected chi connectivity index (χ4v) is 5.59. The maximum absolute atomic E-state index is 12.6. The number of hydrogen-bond donors (Lipinski definition) is 5. The van der Waals surface area contributed by atoms with E-state index in [0.717, 1.165) is 5.56 Å². The van der Waals surface area contributed by atoms with Crippen molar-refractivity contribution < 1.29 is 38.7 Å². The predicted octanol–water partition coefficient (Wildman–Crippen LogP) is 1.28. The van der Waals surface area contributed by atoms with Gasteiger partial charge in [-0.1, -0.05) is 36.4 Å². The van der Waals surface area contributed by atoms with E-state index in [1.165, 1.54) is 29.0 Å². The van der Waals surface area contributed by atoms with Crippen molar-refractivity contribution in [3.8, 4) is 17.6 Å². The summed E-state index contributed by atoms with van der Waals surface area (Å²) < 4.78 is 31.0. The Morgan fingerprint density at radius 1 is 1.19 bits per heavy atom. The van der Waals surface area contributed by atoms with Crippen molar-refractivity contribution in [3.05, 3.63) is 84.3 Å². The number of carboxylic acid groups (broad SMARTS) is 1. The van der Waals surface area contributed by atoms with Gasteiger partial charge in [0.25, 0.3) is 0 Å². The number of aliphatic hydroxyl groups excluding tert-OH is 2. The highest BCUT2D eigenvalue weighted by atomic mass is 31.1. The van der Waals surface area contributed by atoms with Gasteiger partial charge in [0.15, 0.2) is 5.82 Å². The minimum Gasteiger partial charge on any atom is -0.491 e. The number of nitrogens with zero attached hydrogens (tertiary/aromatic N) is 4. The monoisotopic (exact) mass is 594 g/mol. The molecule has 14 nitrogen and oxygen atoms in total. The highest BCUT2D eigenvalue weighted by Crippen LogP contribution is 2.40. The van der Waals surface area contributed by atoms with Crippen molar-refractivity contribution in [2.24, 2.45) is 0 Å². The molecule has 5 rings (SSSR count). The molecule has 6 atom stereocenters. The first-order valence-electron chi connectivity index (χ1n) is 12.7. The van der Waals surface area contributed by atoms with Gasteiger partial charge in [-0.05, 0) is 36.2 Å². The molecule has 1 saturated heterocycles. The van der Waals surface area contributed by atoms with Gasteiger partial charge in [0.05, 0.1) is 5.69 Å². The normalized spacial score (nSPS) is 23.2. The maximum Gasteiger partial charge on any atom is 0.321 e. The summed E-state index contributed by atoms with van der Waals surface area (Å²) in [5.74, 6) is -0.627. The van der Waals surface area contributed by atoms with Gasteiger partial charge >= 0.3 is 14.1 Å². The lowest BCUT2D eigenvalue weighted by Crippen LogP contribution is -2.41. The summed E-state index contributed by atoms with van der Waals surface area (Å²) in [6.45, 7) is -0.267. The second kappa shape index (κ2) is 12.2. The third-order valence-corrected chi connectivity index (χ3v) is 7.80. The van der Waals surface area contributed by atoms with Crippen LogP contribution in [0.3, 0.4) is 0 Å². The topological polar surface area (TPSA) is 215 Å². The number of nitriles is 1. The minimum absolute atomic E-state index is 0.109. The molecule has 1 fully saturated rings. The fraction of sp³-hybridized carbons (Fsp3) is 0.259. The molecule has 0 aliphatic carbocycles. The van der Waals surface area contributed by atoms with Crippen LogP contribution in [0.5, 0.6) is 11.5 Å². The molecule has 0 saturated carbocycles. The number of carboxylic acids is 1. The number of nitrogen functional groups attached to an aromatic ring is 1. The molecular weight excluding hydrogens is 567 g/mol. The van der Waals surface area contributed by atoms with E-state index in [1.807, 2.05) is 12.1 Å². The Hall–Kier alpha value is -4.51. The number of rotatable bonds is 11. The van der Waals surface area contributed by atoms with E-state index < -0.39 is 44.1 Å². The molecule has 0 radical (unpaired) electrons. The number of aliphatic hydroxyl groups is 2. The average Bonchev–Trinajstić information content (AvgIpc) is 3.53. The average molecular weight is 595 g/mol. The number of nitrogens with two attached hydrogens (primary N) is 1. The molecule has 218 valence electrons. The van der Waals surface area contributed by atoms with Gasteiger partial charge in [0, 0.05) is 6.07 Å². The summed E-state index contributed by atoms with van der Waals surface area (Å²) in [6, 6.07) is 18.9. The van der Waals surface area contributed by atoms with Crippen molar-refractivity contribution in [2.45, 2.75) is 36.4 Å². The number of aliphatic carboxylic acids is 1. The van der Waals surface area contributed by atoms with Crippen LogP contribution in [0.2, 0.25) is 0 Å². The van der Waals surface area contributed by atoms with Crippen LogP contribution >= 0.6 is 8.18 Å². The number of carbonyl (C=O) groups is 1. The predicted molar refractivity (Wildman–Crippen MR) is 148 cm³/mol. The van der Waals surface area contributed by atoms with Crippen molar-refractivity contribution in [1.29, 1.82) is 5.26 Å². The molecule has 1 aliphatic heterocycles. The van der Waals surface area contributed by atoms with E-state index >= 15 is 0 Å². The summed E-state index contributed by atoms with van der Waals surface area (Å²) in [5, 5.41) is 47.8. The standard InChI is InChI=1S/C27H27N6O8P/c28-14-27(22-10-9-20-25(29)30-15-31-33(20)22)24(35)23(34)21(40-27)13-39-17-7-4-8-18(12-17)41-42(38)32-19(26(36)37)11-16-5-2-1-3-6-16/h1-10,12,15,19,21,23-24,34-35,42H,11,13H2,(H,32,38)(H,36,37)(H2,29,30,31)/t19?,21-,23-,24-,27+/m1/s1. The second-order valence-electron chi connectivity index (χ2n) is 9.50. The van der Waals surface area contributed by atoms with Gasteiger partial charge in [-0.3, -0.25) is 9.36 Å². The lowest BCUT2D eigenvalue weighted by atomic mass is 9.92. The number of nitrogens with one attached hydrogen (secondary N) is 1. The van der Waals surface area contributed by atoms with Crippen molar-refractivity contribution in [2.75, 3.05) is 12.3 Å². The third kappa shape index (κ3) is 5.78. The molecule has 0 amide bonds. The SMILES string of the molecule is N#C[C@@]1(c2ccc3c(N)ncnn23)O[C@H](COc2cccc(O[PH](=O)NC(Cc3ccccc3)C(=O)O)c2)[C@@H](O)[C@H]1O. The van der Waals surface area contributed by atoms with Crippen molar-refractivity contribution >= 4 is 25.5 Å². The smallest absolute Gasteiger partial charge is 0.321 e. The van der Waals surface area contributed by atoms with Crippen LogP contribution in [0.25, 0.3) is 5.52 Å². The Morgan fingerprint density at radius 3 is 2.69 bits per heavy atom. The van der Waals surface area contributed by atoms with E-state index in [9.17, 15) is 29.9 Å². The molecule has 6 N–H and O–H groups in total. The lowest BCUT2D eigenvalue weighted by molar-refractivity contribution is -0.138. The molecule has 0 spiro atoms. The molecule has 0 bridgehead atoms. The molecule has 2 unspecified atom stereocenters. The molecule has 2 aromatic carbocycles. The molecular formula is C27H27N6O8P. The first-order chi connectivity index (χ1) is 20.2. The Kier molecular flexibility index (Phi) is 8.39. The van der Waals surface area contributed by atoms with Gasteiger partial charge < -0.3 is 35.1 Å². The zero-order chi connectivity index (χ0) is 29.9. The second-order valence-corrected chi connectivity index (χ2v) is 10.6. The van der Waals surface area contributed by atoms with Crippen LogP contribution in [-0.4, -0.2) is 66.8 Å². The first kappa shape index (κ1) is 29.0. The van der Waals surface area contributed by atoms with Crippen LogP contribution < -0.4 is 20.1 Å². The Morgan fingerprint density at radius 2 is 1.95 bits per heavy atom. The molecule has 2 aromatic heterocycles. The summed E-state index contributed by atoms with van der Waals surface area (Å²) in [6.07, 6.45) is -2.96. The van der Waals surface area contributed by atoms with Crippen LogP contribution in [-0.2, 0) is 26.1 Å². The minimum atomic E-state index is -3.02. The number of fused-ring (bicyclic) bond motifs is 1. The Balaban J connectivity index is 1.23. The highest BCUT2D eigenvalue weighted by molar-refractivity contribution is 7.37. The molecule has 42 heavy (non-hydrogen) atoms. The summed E-state index contributed by atoms with van der Waals surface area (Å²) in [4.78, 5) is 15.6. The van der Waals surface area contributed by atoms with Crippen LogP contribution in [0.15, 0.2) is 73.1 Å². The molecule has 4 aromatic rings. The number of ether oxygens (including phenoxy) is 2. The zero-order valence-corrected chi connectivity index (χ0v) is 22.9. The summed E-state index contributed by atoms with van der Waals surface area (Å²) in [7, 11) is -3.02. The van der Waals surface area contributed by atoms with E-state index in [4.69, 9.17) is 19.7 Å². The van der Waals surface area contributed by atoms with Gasteiger partial charge in [0.2, 0.25) is 5.60 Å². The summed E-state index contributed by atoms with van der Waals surface area (Å²) in [5.41, 5.74) is 5.21. The van der Waals surface area contributed by atoms with Crippen molar-refractivity contribution in [1.82, 2.24) is 19.7 Å². The maximum atomic E-state index is 12.6. The number of hydrogen-bond acceptors (Lipinski definition) is 11. The number of benzene rings is 2. The van der Waals surface area contributed by atoms with Gasteiger partial charge in [-0.25, -0.2) is 14.6 Å². The van der Waals surface area contributed by atoms with E-state index in [2.05, 4.69) is 15.2 Å². The number of anilines is 1. The molecule has 3 heterocycles. The van der Waals surface area contributed by atoms with Gasteiger partial charge in [-0.15, -0.1) is 0 Å². The lowest BCUT2D eigenvalue weighted by Gasteiger charge is -2.24. The first-order valence-corrected chi connectivity index (χ1v) is 14.1. The van der Waals surface area contributed by atoms with Gasteiger partial charge in [0.1, 0.15) is 60.4 Å². The summed E-state index contributed by atoms with van der Waals surface area (Å²) >= 11 is 0. The molecule has 1 aliphatic rings. The van der Waals surface area contributed by atoms with Crippen LogP contribution in [0.4, 0.5) is 5.82 Å². The van der Waals surface area contributed by atoms with Crippen LogP contribution in [0.1, 0.15) is 11.3 Å². The van der Waals surface area contributed by atoms with E-state index in [0.29, 0.717) is 5.52 Å². The molecule has 15 heteroatoms.